The average molecular weight is 489 g/mol. The molecule has 1 saturated heterocycles. The van der Waals surface area contributed by atoms with Gasteiger partial charge in [0, 0.05) is 35.0 Å². The van der Waals surface area contributed by atoms with E-state index in [4.69, 9.17) is 4.74 Å². The Labute approximate surface area is 195 Å². The Hall–Kier alpha value is -2.04. The summed E-state index contributed by atoms with van der Waals surface area (Å²) >= 11 is 3.36. The first-order chi connectivity index (χ1) is 15.5. The first-order valence-electron chi connectivity index (χ1n) is 10.6. The van der Waals surface area contributed by atoms with Gasteiger partial charge in [0.15, 0.2) is 0 Å². The summed E-state index contributed by atoms with van der Waals surface area (Å²) in [5.41, 5.74) is 1.55. The van der Waals surface area contributed by atoms with Crippen LogP contribution in [0.3, 0.4) is 0 Å². The van der Waals surface area contributed by atoms with Crippen LogP contribution in [-0.2, 0) is 21.2 Å². The van der Waals surface area contributed by atoms with Crippen LogP contribution in [0, 0.1) is 0 Å². The van der Waals surface area contributed by atoms with Gasteiger partial charge in [-0.2, -0.15) is 0 Å². The van der Waals surface area contributed by atoms with Crippen LogP contribution in [0.2, 0.25) is 0 Å². The van der Waals surface area contributed by atoms with Gasteiger partial charge in [-0.15, -0.1) is 22.7 Å². The van der Waals surface area contributed by atoms with E-state index in [1.165, 1.54) is 22.6 Å². The van der Waals surface area contributed by atoms with Crippen LogP contribution < -0.4 is 4.72 Å². The van der Waals surface area contributed by atoms with Crippen LogP contribution in [0.1, 0.15) is 44.6 Å². The Morgan fingerprint density at radius 2 is 2.06 bits per heavy atom. The molecule has 0 aliphatic carbocycles. The molecule has 1 amide bonds. The smallest absolute Gasteiger partial charge is 0.254 e. The SMILES string of the molecule is O=C(c1cccc(S(=O)(=O)NC[C@@H]2CCCO2)c1)N1CCc2sccc2[C@H]1c1cccs1. The van der Waals surface area contributed by atoms with Crippen molar-refractivity contribution in [2.24, 2.45) is 0 Å². The highest BCUT2D eigenvalue weighted by atomic mass is 32.2. The van der Waals surface area contributed by atoms with Gasteiger partial charge in [-0.3, -0.25) is 4.79 Å². The monoisotopic (exact) mass is 488 g/mol. The van der Waals surface area contributed by atoms with Crippen molar-refractivity contribution in [3.63, 3.8) is 0 Å². The molecule has 1 N–H and O–H groups in total. The van der Waals surface area contributed by atoms with Crippen molar-refractivity contribution in [2.75, 3.05) is 19.7 Å². The van der Waals surface area contributed by atoms with Crippen molar-refractivity contribution >= 4 is 38.6 Å². The number of benzene rings is 1. The third-order valence-electron chi connectivity index (χ3n) is 5.96. The minimum Gasteiger partial charge on any atom is -0.377 e. The fourth-order valence-electron chi connectivity index (χ4n) is 4.34. The summed E-state index contributed by atoms with van der Waals surface area (Å²) < 4.78 is 33.8. The van der Waals surface area contributed by atoms with Crippen LogP contribution in [0.5, 0.6) is 0 Å². The molecule has 6 nitrogen and oxygen atoms in total. The molecule has 3 aromatic rings. The lowest BCUT2D eigenvalue weighted by atomic mass is 9.97. The van der Waals surface area contributed by atoms with Gasteiger partial charge in [-0.05, 0) is 65.9 Å². The minimum absolute atomic E-state index is 0.0886. The highest BCUT2D eigenvalue weighted by molar-refractivity contribution is 7.89. The number of carbonyl (C=O) groups excluding carboxylic acids is 1. The summed E-state index contributed by atoms with van der Waals surface area (Å²) in [6.07, 6.45) is 2.52. The quantitative estimate of drug-likeness (QED) is 0.568. The van der Waals surface area contributed by atoms with Crippen molar-refractivity contribution < 1.29 is 17.9 Å². The molecule has 168 valence electrons. The second kappa shape index (κ2) is 9.07. The van der Waals surface area contributed by atoms with E-state index in [0.717, 1.165) is 24.1 Å². The first kappa shape index (κ1) is 21.8. The molecule has 9 heteroatoms. The average Bonchev–Trinajstić information content (AvgIpc) is 3.59. The van der Waals surface area contributed by atoms with E-state index in [0.29, 0.717) is 18.7 Å². The zero-order valence-corrected chi connectivity index (χ0v) is 19.8. The molecule has 4 heterocycles. The molecule has 1 fully saturated rings. The molecule has 32 heavy (non-hydrogen) atoms. The molecule has 0 spiro atoms. The van der Waals surface area contributed by atoms with Gasteiger partial charge in [0.25, 0.3) is 5.91 Å². The minimum atomic E-state index is -3.73. The third-order valence-corrected chi connectivity index (χ3v) is 9.30. The van der Waals surface area contributed by atoms with Gasteiger partial charge < -0.3 is 9.64 Å². The molecule has 2 aliphatic rings. The Balaban J connectivity index is 1.41. The van der Waals surface area contributed by atoms with Gasteiger partial charge in [0.05, 0.1) is 17.0 Å². The number of sulfonamides is 1. The Morgan fingerprint density at radius 3 is 2.84 bits per heavy atom. The number of fused-ring (bicyclic) bond motifs is 1. The molecule has 2 aromatic heterocycles. The molecule has 5 rings (SSSR count). The molecular weight excluding hydrogens is 464 g/mol. The van der Waals surface area contributed by atoms with Crippen LogP contribution in [0.25, 0.3) is 0 Å². The van der Waals surface area contributed by atoms with Gasteiger partial charge in [-0.25, -0.2) is 13.1 Å². The second-order valence-corrected chi connectivity index (χ2v) is 11.7. The normalized spacial score (nSPS) is 20.9. The third kappa shape index (κ3) is 4.27. The number of rotatable bonds is 6. The summed E-state index contributed by atoms with van der Waals surface area (Å²) in [4.78, 5) is 18.0. The number of nitrogens with zero attached hydrogens (tertiary/aromatic N) is 1. The van der Waals surface area contributed by atoms with Crippen LogP contribution >= 0.6 is 22.7 Å². The lowest BCUT2D eigenvalue weighted by molar-refractivity contribution is 0.0698. The van der Waals surface area contributed by atoms with Crippen molar-refractivity contribution in [1.82, 2.24) is 9.62 Å². The fraction of sp³-hybridized carbons (Fsp3) is 0.348. The number of amides is 1. The molecular formula is C23H24N2O4S3. The number of hydrogen-bond acceptors (Lipinski definition) is 6. The van der Waals surface area contributed by atoms with E-state index < -0.39 is 10.0 Å². The molecule has 0 bridgehead atoms. The summed E-state index contributed by atoms with van der Waals surface area (Å²) in [5.74, 6) is -0.156. The maximum Gasteiger partial charge on any atom is 0.254 e. The number of nitrogens with one attached hydrogen (secondary N) is 1. The van der Waals surface area contributed by atoms with E-state index in [-0.39, 0.29) is 29.5 Å². The highest BCUT2D eigenvalue weighted by Crippen LogP contribution is 2.40. The lowest BCUT2D eigenvalue weighted by Crippen LogP contribution is -2.40. The van der Waals surface area contributed by atoms with Gasteiger partial charge >= 0.3 is 0 Å². The summed E-state index contributed by atoms with van der Waals surface area (Å²) in [6.45, 7) is 1.51. The number of hydrogen-bond donors (Lipinski definition) is 1. The second-order valence-electron chi connectivity index (χ2n) is 7.98. The van der Waals surface area contributed by atoms with Crippen LogP contribution in [0.15, 0.2) is 58.1 Å². The zero-order chi connectivity index (χ0) is 22.1. The predicted octanol–water partition coefficient (Wildman–Crippen LogP) is 4.05. The van der Waals surface area contributed by atoms with E-state index in [2.05, 4.69) is 22.2 Å². The number of carbonyl (C=O) groups is 1. The van der Waals surface area contributed by atoms with E-state index in [9.17, 15) is 13.2 Å². The van der Waals surface area contributed by atoms with E-state index >= 15 is 0 Å². The summed E-state index contributed by atoms with van der Waals surface area (Å²) in [5, 5.41) is 4.09. The standard InChI is InChI=1S/C23H24N2O4S3/c26-23(25-10-8-20-19(9-13-31-20)22(25)21-7-3-12-30-21)16-4-1-6-18(14-16)32(27,28)24-15-17-5-2-11-29-17/h1,3-4,6-7,9,12-14,17,22,24H,2,5,8,10-11,15H2/t17-,22-/m0/s1. The maximum atomic E-state index is 13.6. The van der Waals surface area contributed by atoms with Crippen LogP contribution in [0.4, 0.5) is 0 Å². The molecule has 0 unspecified atom stereocenters. The van der Waals surface area contributed by atoms with Gasteiger partial charge in [0.2, 0.25) is 10.0 Å². The fourth-order valence-corrected chi connectivity index (χ4v) is 7.21. The number of ether oxygens (including phenoxy) is 1. The van der Waals surface area contributed by atoms with Gasteiger partial charge in [0.1, 0.15) is 0 Å². The first-order valence-corrected chi connectivity index (χ1v) is 13.9. The van der Waals surface area contributed by atoms with Crippen LogP contribution in [-0.4, -0.2) is 45.0 Å². The molecule has 2 atom stereocenters. The lowest BCUT2D eigenvalue weighted by Gasteiger charge is -2.35. The molecule has 0 radical (unpaired) electrons. The van der Waals surface area contributed by atoms with E-state index in [1.807, 2.05) is 16.3 Å². The topological polar surface area (TPSA) is 75.7 Å². The Bertz CT molecular complexity index is 1200. The summed E-state index contributed by atoms with van der Waals surface area (Å²) in [6, 6.07) is 12.3. The highest BCUT2D eigenvalue weighted by Gasteiger charge is 2.34. The predicted molar refractivity (Wildman–Crippen MR) is 126 cm³/mol. The molecule has 2 aliphatic heterocycles. The van der Waals surface area contributed by atoms with Crippen molar-refractivity contribution in [2.45, 2.75) is 36.3 Å². The van der Waals surface area contributed by atoms with Gasteiger partial charge in [-0.1, -0.05) is 12.1 Å². The largest absolute Gasteiger partial charge is 0.377 e. The molecule has 0 saturated carbocycles. The Kier molecular flexibility index (Phi) is 6.18. The van der Waals surface area contributed by atoms with Crippen molar-refractivity contribution in [1.29, 1.82) is 0 Å². The van der Waals surface area contributed by atoms with Crippen molar-refractivity contribution in [3.05, 3.63) is 74.1 Å². The Morgan fingerprint density at radius 1 is 1.16 bits per heavy atom. The zero-order valence-electron chi connectivity index (χ0n) is 17.4. The molecule has 1 aromatic carbocycles. The maximum absolute atomic E-state index is 13.6. The van der Waals surface area contributed by atoms with E-state index in [1.54, 1.807) is 34.8 Å². The number of thiophene rings is 2. The summed E-state index contributed by atoms with van der Waals surface area (Å²) in [7, 11) is -3.73. The van der Waals surface area contributed by atoms with Crippen molar-refractivity contribution in [3.8, 4) is 0 Å².